The van der Waals surface area contributed by atoms with Crippen LogP contribution >= 0.6 is 0 Å². The van der Waals surface area contributed by atoms with Crippen LogP contribution in [0.25, 0.3) is 0 Å². The lowest BCUT2D eigenvalue weighted by Gasteiger charge is -2.17. The van der Waals surface area contributed by atoms with Gasteiger partial charge in [0.2, 0.25) is 0 Å². The van der Waals surface area contributed by atoms with Crippen molar-refractivity contribution in [2.45, 2.75) is 11.8 Å². The minimum atomic E-state index is -6.13. The Hall–Kier alpha value is -2.12. The van der Waals surface area contributed by atoms with Gasteiger partial charge in [-0.25, -0.2) is 0 Å². The van der Waals surface area contributed by atoms with Crippen molar-refractivity contribution >= 4 is 15.8 Å². The molecule has 1 rings (SSSR count). The van der Waals surface area contributed by atoms with E-state index in [0.29, 0.717) is 0 Å². The van der Waals surface area contributed by atoms with E-state index in [1.165, 1.54) is 14.2 Å². The smallest absolute Gasteiger partial charge is 0.493 e. The van der Waals surface area contributed by atoms with Gasteiger partial charge in [0.05, 0.1) is 12.0 Å². The zero-order valence-electron chi connectivity index (χ0n) is 12.5. The fourth-order valence-electron chi connectivity index (χ4n) is 1.64. The first-order valence-corrected chi connectivity index (χ1v) is 7.32. The van der Waals surface area contributed by atoms with Crippen molar-refractivity contribution in [1.29, 1.82) is 0 Å². The molecule has 0 fully saturated rings. The molecule has 0 heterocycles. The number of halogens is 3. The van der Waals surface area contributed by atoms with Crippen LogP contribution in [-0.4, -0.2) is 40.2 Å². The average molecular weight is 375 g/mol. The van der Waals surface area contributed by atoms with Crippen molar-refractivity contribution in [3.63, 3.8) is 0 Å². The lowest BCUT2D eigenvalue weighted by atomic mass is 10.1. The third-order valence-electron chi connectivity index (χ3n) is 2.65. The van der Waals surface area contributed by atoms with E-state index in [9.17, 15) is 31.7 Å². The lowest BCUT2D eigenvalue weighted by molar-refractivity contribution is -0.385. The molecule has 24 heavy (non-hydrogen) atoms. The minimum Gasteiger partial charge on any atom is -0.493 e. The van der Waals surface area contributed by atoms with Gasteiger partial charge in [0.25, 0.3) is 5.75 Å². The van der Waals surface area contributed by atoms with E-state index >= 15 is 0 Å². The van der Waals surface area contributed by atoms with Gasteiger partial charge in [0, 0.05) is 25.8 Å². The van der Waals surface area contributed by atoms with Crippen LogP contribution in [0.2, 0.25) is 0 Å². The Morgan fingerprint density at radius 3 is 2.08 bits per heavy atom. The average Bonchev–Trinajstić information content (AvgIpc) is 2.47. The first-order chi connectivity index (χ1) is 11.0. The van der Waals surface area contributed by atoms with Crippen LogP contribution in [0.15, 0.2) is 12.1 Å². The van der Waals surface area contributed by atoms with Crippen molar-refractivity contribution in [1.82, 2.24) is 0 Å². The van der Waals surface area contributed by atoms with Crippen LogP contribution in [-0.2, 0) is 19.6 Å². The van der Waals surface area contributed by atoms with E-state index in [2.05, 4.69) is 4.18 Å². The molecule has 0 aromatic heterocycles. The Balaban J connectivity index is 3.57. The van der Waals surface area contributed by atoms with Gasteiger partial charge >= 0.3 is 21.3 Å². The summed E-state index contributed by atoms with van der Waals surface area (Å²) < 4.78 is 77.9. The molecule has 0 amide bonds. The number of benzene rings is 1. The number of hydrogen-bond acceptors (Lipinski definition) is 8. The molecule has 136 valence electrons. The molecular formula is C11H12F3NO8S. The fourth-order valence-corrected chi connectivity index (χ4v) is 2.12. The van der Waals surface area contributed by atoms with Crippen LogP contribution in [0.1, 0.15) is 11.9 Å². The van der Waals surface area contributed by atoms with E-state index in [4.69, 9.17) is 14.2 Å². The molecule has 0 spiro atoms. The van der Waals surface area contributed by atoms with E-state index < -0.39 is 44.0 Å². The summed E-state index contributed by atoms with van der Waals surface area (Å²) in [5.41, 5.74) is -6.84. The first kappa shape index (κ1) is 19.9. The van der Waals surface area contributed by atoms with Gasteiger partial charge in [-0.15, -0.1) is 0 Å². The van der Waals surface area contributed by atoms with Gasteiger partial charge in [-0.2, -0.15) is 21.6 Å². The number of nitro groups is 1. The van der Waals surface area contributed by atoms with Crippen molar-refractivity contribution in [2.24, 2.45) is 0 Å². The maximum atomic E-state index is 12.4. The number of alkyl halides is 3. The Labute approximate surface area is 134 Å². The van der Waals surface area contributed by atoms with Crippen molar-refractivity contribution < 1.29 is 44.9 Å². The number of nitro benzene ring substituents is 1. The number of ether oxygens (including phenoxy) is 3. The summed E-state index contributed by atoms with van der Waals surface area (Å²) in [7, 11) is -2.74. The summed E-state index contributed by atoms with van der Waals surface area (Å²) in [6.45, 7) is 0. The number of methoxy groups -OCH3 is 3. The molecular weight excluding hydrogens is 363 g/mol. The molecule has 0 atom stereocenters. The Morgan fingerprint density at radius 2 is 1.71 bits per heavy atom. The summed E-state index contributed by atoms with van der Waals surface area (Å²) in [5.74, 6) is -1.83. The molecule has 0 aliphatic rings. The van der Waals surface area contributed by atoms with E-state index in [-0.39, 0.29) is 5.56 Å². The van der Waals surface area contributed by atoms with Gasteiger partial charge < -0.3 is 18.4 Å². The fraction of sp³-hybridized carbons (Fsp3) is 0.455. The highest BCUT2D eigenvalue weighted by Gasteiger charge is 2.50. The van der Waals surface area contributed by atoms with Crippen LogP contribution in [0.3, 0.4) is 0 Å². The van der Waals surface area contributed by atoms with E-state index in [0.717, 1.165) is 19.2 Å². The zero-order valence-corrected chi connectivity index (χ0v) is 13.3. The van der Waals surface area contributed by atoms with Crippen LogP contribution in [0.4, 0.5) is 18.9 Å². The molecule has 0 bridgehead atoms. The van der Waals surface area contributed by atoms with E-state index in [1.807, 2.05) is 0 Å². The SMILES string of the molecule is COc1cc(C(OC)OC)cc([N+](=O)[O-])c1OS(=O)(=O)C(F)(F)F. The van der Waals surface area contributed by atoms with Gasteiger partial charge in [0.15, 0.2) is 12.0 Å². The third kappa shape index (κ3) is 4.04. The van der Waals surface area contributed by atoms with Gasteiger partial charge in [-0.3, -0.25) is 10.1 Å². The minimum absolute atomic E-state index is 0.000284. The number of hydrogen-bond donors (Lipinski definition) is 0. The highest BCUT2D eigenvalue weighted by molar-refractivity contribution is 7.88. The van der Waals surface area contributed by atoms with Crippen molar-refractivity contribution in [3.05, 3.63) is 27.8 Å². The standard InChI is InChI=1S/C11H12F3NO8S/c1-20-8-5-6(10(21-2)22-3)4-7(15(16)17)9(8)23-24(18,19)11(12,13)14/h4-5,10H,1-3H3. The summed E-state index contributed by atoms with van der Waals surface area (Å²) >= 11 is 0. The summed E-state index contributed by atoms with van der Waals surface area (Å²) in [4.78, 5) is 9.96. The Morgan fingerprint density at radius 1 is 1.17 bits per heavy atom. The summed E-state index contributed by atoms with van der Waals surface area (Å²) in [6, 6.07) is 1.74. The quantitative estimate of drug-likeness (QED) is 0.234. The highest BCUT2D eigenvalue weighted by Crippen LogP contribution is 2.42. The summed E-state index contributed by atoms with van der Waals surface area (Å²) in [6.07, 6.45) is -1.11. The molecule has 0 radical (unpaired) electrons. The second kappa shape index (κ2) is 7.19. The molecule has 0 unspecified atom stereocenters. The maximum absolute atomic E-state index is 12.4. The monoisotopic (exact) mass is 375 g/mol. The predicted molar refractivity (Wildman–Crippen MR) is 72.0 cm³/mol. The van der Waals surface area contributed by atoms with Gasteiger partial charge in [0.1, 0.15) is 0 Å². The number of rotatable bonds is 7. The largest absolute Gasteiger partial charge is 0.534 e. The molecule has 0 N–H and O–H groups in total. The van der Waals surface area contributed by atoms with Gasteiger partial charge in [-0.05, 0) is 6.07 Å². The maximum Gasteiger partial charge on any atom is 0.534 e. The second-order valence-electron chi connectivity index (χ2n) is 4.12. The van der Waals surface area contributed by atoms with Crippen molar-refractivity contribution in [3.8, 4) is 11.5 Å². The second-order valence-corrected chi connectivity index (χ2v) is 5.65. The molecule has 0 aliphatic carbocycles. The van der Waals surface area contributed by atoms with Crippen LogP contribution in [0, 0.1) is 10.1 Å². The predicted octanol–water partition coefficient (Wildman–Crippen LogP) is 2.12. The molecule has 1 aromatic rings. The van der Waals surface area contributed by atoms with Crippen molar-refractivity contribution in [2.75, 3.05) is 21.3 Å². The number of nitrogens with zero attached hydrogens (tertiary/aromatic N) is 1. The highest BCUT2D eigenvalue weighted by atomic mass is 32.2. The van der Waals surface area contributed by atoms with Gasteiger partial charge in [-0.1, -0.05) is 0 Å². The molecule has 0 aliphatic heterocycles. The third-order valence-corrected chi connectivity index (χ3v) is 3.60. The Kier molecular flexibility index (Phi) is 5.97. The molecule has 0 saturated carbocycles. The topological polar surface area (TPSA) is 114 Å². The first-order valence-electron chi connectivity index (χ1n) is 5.91. The molecule has 0 saturated heterocycles. The van der Waals surface area contributed by atoms with Crippen LogP contribution in [0.5, 0.6) is 11.5 Å². The normalized spacial score (nSPS) is 12.3. The summed E-state index contributed by atoms with van der Waals surface area (Å²) in [5, 5.41) is 11.1. The van der Waals surface area contributed by atoms with Crippen LogP contribution < -0.4 is 8.92 Å². The van der Waals surface area contributed by atoms with E-state index in [1.54, 1.807) is 0 Å². The lowest BCUT2D eigenvalue weighted by Crippen LogP contribution is -2.28. The molecule has 1 aromatic carbocycles. The Bertz CT molecular complexity index is 715. The molecule has 13 heteroatoms. The zero-order chi connectivity index (χ0) is 18.7. The molecule has 9 nitrogen and oxygen atoms in total.